The number of amides is 13. The fourth-order valence-electron chi connectivity index (χ4n) is 11.9. The molecule has 13 atom stereocenters. The number of carbonyl (C=O) groups is 15. The minimum atomic E-state index is -2.06. The largest absolute Gasteiger partial charge is 0.481 e. The Hall–Kier alpha value is -11.2. The van der Waals surface area contributed by atoms with E-state index in [4.69, 9.17) is 45.9 Å². The lowest BCUT2D eigenvalue weighted by molar-refractivity contribution is -0.143. The summed E-state index contributed by atoms with van der Waals surface area (Å²) in [5, 5.41) is 66.6. The number of unbranched alkanes of at least 4 members (excludes halogenated alkanes) is 2. The number of aliphatic imine (C=N–C) groups is 2. The molecule has 0 spiro atoms. The van der Waals surface area contributed by atoms with E-state index in [1.807, 2.05) is 0 Å². The first kappa shape index (κ1) is 96.0. The zero-order valence-electron chi connectivity index (χ0n) is 64.3. The Balaban J connectivity index is 2.02. The van der Waals surface area contributed by atoms with Crippen molar-refractivity contribution in [2.75, 3.05) is 45.9 Å². The van der Waals surface area contributed by atoms with Crippen molar-refractivity contribution in [1.29, 1.82) is 0 Å². The molecule has 0 radical (unpaired) electrons. The van der Waals surface area contributed by atoms with Gasteiger partial charge in [0.25, 0.3) is 0 Å². The molecule has 113 heavy (non-hydrogen) atoms. The van der Waals surface area contributed by atoms with Crippen molar-refractivity contribution >= 4 is 101 Å². The van der Waals surface area contributed by atoms with Crippen LogP contribution in [0, 0.1) is 11.8 Å². The fraction of sp³-hybridized carbons (Fsp3) is 0.597. The van der Waals surface area contributed by atoms with Crippen molar-refractivity contribution in [2.24, 2.45) is 67.7 Å². The molecule has 0 saturated carbocycles. The van der Waals surface area contributed by atoms with Crippen LogP contribution in [0.15, 0.2) is 70.6 Å². The summed E-state index contributed by atoms with van der Waals surface area (Å²) in [5.74, 6) is -17.6. The molecule has 0 unspecified atom stereocenters. The fourth-order valence-corrected chi connectivity index (χ4v) is 11.9. The molecule has 0 aliphatic carbocycles. The average Bonchev–Trinajstić information content (AvgIpc) is 1.72. The maximum Gasteiger partial charge on any atom is 0.326 e. The lowest BCUT2D eigenvalue weighted by Gasteiger charge is -2.31. The molecule has 0 bridgehead atoms. The van der Waals surface area contributed by atoms with Gasteiger partial charge < -0.3 is 130 Å². The highest BCUT2D eigenvalue weighted by atomic mass is 16.4. The summed E-state index contributed by atoms with van der Waals surface area (Å²) in [7, 11) is 0. The van der Waals surface area contributed by atoms with Crippen LogP contribution in [-0.2, 0) is 84.8 Å². The molecule has 1 aliphatic heterocycles. The first-order valence-electron chi connectivity index (χ1n) is 37.5. The number of carboxylic acid groups (broad SMARTS) is 2. The summed E-state index contributed by atoms with van der Waals surface area (Å²) >= 11 is 0. The Morgan fingerprint density at radius 1 is 0.451 bits per heavy atom. The van der Waals surface area contributed by atoms with Gasteiger partial charge in [0, 0.05) is 32.5 Å². The van der Waals surface area contributed by atoms with Crippen molar-refractivity contribution in [3.63, 3.8) is 0 Å². The maximum atomic E-state index is 15.0. The molecule has 3 rings (SSSR count). The van der Waals surface area contributed by atoms with Crippen LogP contribution in [0.25, 0.3) is 0 Å². The smallest absolute Gasteiger partial charge is 0.326 e. The van der Waals surface area contributed by atoms with Crippen LogP contribution < -0.4 is 104 Å². The molecular weight excluding hydrogens is 1480 g/mol. The van der Waals surface area contributed by atoms with Gasteiger partial charge in [-0.15, -0.1) is 0 Å². The molecule has 2 aromatic rings. The molecule has 1 heterocycles. The van der Waals surface area contributed by atoms with E-state index in [-0.39, 0.29) is 128 Å². The number of aliphatic carboxylic acids is 2. The van der Waals surface area contributed by atoms with Gasteiger partial charge in [0.2, 0.25) is 76.8 Å². The number of benzene rings is 2. The number of nitrogens with two attached hydrogens (primary N) is 8. The average molecular weight is 1590 g/mol. The van der Waals surface area contributed by atoms with Gasteiger partial charge in [-0.05, 0) is 120 Å². The minimum absolute atomic E-state index is 0.0213. The van der Waals surface area contributed by atoms with E-state index < -0.39 is 199 Å². The molecule has 41 heteroatoms. The molecule has 1 aliphatic rings. The van der Waals surface area contributed by atoms with Crippen LogP contribution in [0.2, 0.25) is 0 Å². The number of nitrogens with zero attached hydrogens (tertiary/aromatic N) is 3. The van der Waals surface area contributed by atoms with Crippen LogP contribution in [-0.4, -0.2) is 250 Å². The highest BCUT2D eigenvalue weighted by molar-refractivity contribution is 6.01. The molecule has 13 amide bonds. The number of aliphatic hydroxyl groups excluding tert-OH is 2. The number of hydrogen-bond acceptors (Lipinski definition) is 22. The van der Waals surface area contributed by atoms with Gasteiger partial charge in [0.05, 0.1) is 26.1 Å². The number of rotatable bonds is 53. The molecule has 2 aromatic carbocycles. The highest BCUT2D eigenvalue weighted by Gasteiger charge is 2.42. The van der Waals surface area contributed by atoms with Crippen molar-refractivity contribution in [1.82, 2.24) is 63.4 Å². The number of likely N-dealkylation sites (tertiary alicyclic amines) is 1. The SMILES string of the molecule is CC(C)C[C@H](NC(=O)[C@@H](NC(=O)[C@H](Cc1ccccc1)NC(=O)[C@H](CCCCN)NC(=O)[C@H](Cc1ccccc1)NC(=O)[C@@H]1CCCN1C(=O)[C@H](CCCCN)NC(=O)[C@H](CC(N)=O)NC(=O)[C@H](CCCN=C(N)N)NC(=O)[C@H](CC(=O)O)NC(=O)[C@H](CCCN=C(N)N)NC(=O)[C@H](CO)NC(=O)[C@@H](N)CO)C(C)C)C(=O)O. The second kappa shape index (κ2) is 50.7. The predicted molar refractivity (Wildman–Crippen MR) is 412 cm³/mol. The van der Waals surface area contributed by atoms with E-state index in [2.05, 4.69) is 68.5 Å². The zero-order chi connectivity index (χ0) is 84.4. The maximum absolute atomic E-state index is 15.0. The van der Waals surface area contributed by atoms with Gasteiger partial charge in [0.1, 0.15) is 78.5 Å². The van der Waals surface area contributed by atoms with Gasteiger partial charge in [-0.3, -0.25) is 77.1 Å². The summed E-state index contributed by atoms with van der Waals surface area (Å²) in [6.07, 6.45) is -1.83. The van der Waals surface area contributed by atoms with Crippen molar-refractivity contribution in [3.8, 4) is 0 Å². The zero-order valence-corrected chi connectivity index (χ0v) is 64.3. The Bertz CT molecular complexity index is 3550. The lowest BCUT2D eigenvalue weighted by Crippen LogP contribution is -2.61. The van der Waals surface area contributed by atoms with Crippen LogP contribution in [0.4, 0.5) is 0 Å². The van der Waals surface area contributed by atoms with Gasteiger partial charge in [-0.1, -0.05) is 88.4 Å². The first-order valence-corrected chi connectivity index (χ1v) is 37.5. The van der Waals surface area contributed by atoms with E-state index in [1.54, 1.807) is 88.4 Å². The number of carboxylic acids is 2. The van der Waals surface area contributed by atoms with Gasteiger partial charge >= 0.3 is 11.9 Å². The Morgan fingerprint density at radius 3 is 1.27 bits per heavy atom. The first-order chi connectivity index (χ1) is 53.5. The lowest BCUT2D eigenvalue weighted by atomic mass is 9.99. The van der Waals surface area contributed by atoms with Gasteiger partial charge in [0.15, 0.2) is 11.9 Å². The Labute approximate surface area is 654 Å². The second-order valence-electron chi connectivity index (χ2n) is 28.1. The Morgan fingerprint density at radius 2 is 0.841 bits per heavy atom. The monoisotopic (exact) mass is 1590 g/mol. The summed E-state index contributed by atoms with van der Waals surface area (Å²) in [6.45, 7) is 4.95. The van der Waals surface area contributed by atoms with E-state index in [0.29, 0.717) is 30.4 Å². The molecule has 0 aromatic heterocycles. The summed E-state index contributed by atoms with van der Waals surface area (Å²) in [5.41, 5.74) is 46.0. The molecule has 628 valence electrons. The van der Waals surface area contributed by atoms with Crippen molar-refractivity contribution in [2.45, 2.75) is 215 Å². The number of aliphatic hydroxyl groups is 2. The Kier molecular flexibility index (Phi) is 43.1. The van der Waals surface area contributed by atoms with E-state index in [1.165, 1.54) is 4.90 Å². The van der Waals surface area contributed by atoms with Crippen molar-refractivity contribution in [3.05, 3.63) is 71.8 Å². The quantitative estimate of drug-likeness (QED) is 0.0166. The molecule has 31 N–H and O–H groups in total. The number of hydrogen-bond donors (Lipinski definition) is 23. The summed E-state index contributed by atoms with van der Waals surface area (Å²) in [6, 6.07) is -3.19. The van der Waals surface area contributed by atoms with E-state index >= 15 is 4.79 Å². The van der Waals surface area contributed by atoms with Gasteiger partial charge in [-0.25, -0.2) is 4.79 Å². The number of primary amides is 1. The third-order valence-corrected chi connectivity index (χ3v) is 17.9. The van der Waals surface area contributed by atoms with Crippen molar-refractivity contribution < 1.29 is 92.3 Å². The number of carbonyl (C=O) groups excluding carboxylic acids is 13. The van der Waals surface area contributed by atoms with Crippen LogP contribution in [0.5, 0.6) is 0 Å². The predicted octanol–water partition coefficient (Wildman–Crippen LogP) is -7.39. The molecular formula is C72H116N22O19. The molecule has 41 nitrogen and oxygen atoms in total. The topological polar surface area (TPSA) is 705 Å². The second-order valence-corrected chi connectivity index (χ2v) is 28.1. The van der Waals surface area contributed by atoms with Crippen LogP contribution >= 0.6 is 0 Å². The van der Waals surface area contributed by atoms with Crippen LogP contribution in [0.1, 0.15) is 135 Å². The van der Waals surface area contributed by atoms with E-state index in [9.17, 15) is 87.5 Å². The van der Waals surface area contributed by atoms with Gasteiger partial charge in [-0.2, -0.15) is 0 Å². The minimum Gasteiger partial charge on any atom is -0.481 e. The number of guanidine groups is 2. The molecule has 1 saturated heterocycles. The standard InChI is InChI=1S/C72H116N22O19/c1-39(2)32-52(70(112)113)91-68(110)57(40(3)4)93-65(107)49(34-42-20-9-6-10-21-42)87-59(101)44(22-11-13-27-73)83-62(104)48(33-41-18-7-5-8-19-41)90-67(109)54-26-17-31-94(54)69(111)47(23-12-14-28-74)86-63(105)50(35-55(76)97)88-60(102)45(24-15-29-81-71(77)78)84-64(106)51(36-56(98)99)89-61(103)46(25-16-30-82-72(79)80)85-66(108)53(38-96)92-58(100)43(75)37-95/h5-10,18-21,39-40,43-54,57,95-96H,11-17,22-38,73-75H2,1-4H3,(H2,76,97)(H,83,104)(H,84,106)(H,85,108)(H,86,105)(H,87,101)(H,88,102)(H,89,103)(H,90,109)(H,91,110)(H,92,100)(H,93,107)(H,98,99)(H,112,113)(H4,77,78,81)(H4,79,80,82)/t43-,44-,45-,46-,47-,48-,49-,50-,51-,52-,53-,54-,57-/m0/s1. The summed E-state index contributed by atoms with van der Waals surface area (Å²) in [4.78, 5) is 217. The third kappa shape index (κ3) is 35.4. The number of nitrogens with one attached hydrogen (secondary N) is 11. The van der Waals surface area contributed by atoms with E-state index in [0.717, 1.165) is 0 Å². The normalized spacial score (nSPS) is 15.6. The van der Waals surface area contributed by atoms with Crippen LogP contribution in [0.3, 0.4) is 0 Å². The highest BCUT2D eigenvalue weighted by Crippen LogP contribution is 2.22. The third-order valence-electron chi connectivity index (χ3n) is 17.9. The molecule has 1 fully saturated rings. The summed E-state index contributed by atoms with van der Waals surface area (Å²) < 4.78 is 0.